The highest BCUT2D eigenvalue weighted by Crippen LogP contribution is 2.34. The lowest BCUT2D eigenvalue weighted by Gasteiger charge is -2.28. The number of ether oxygens (including phenoxy) is 1. The maximum absolute atomic E-state index is 13.2. The fourth-order valence-electron chi connectivity index (χ4n) is 3.54. The third-order valence-corrected chi connectivity index (χ3v) is 6.51. The number of nitrogens with zero attached hydrogens (tertiary/aromatic N) is 1. The summed E-state index contributed by atoms with van der Waals surface area (Å²) < 4.78 is 72.7. The van der Waals surface area contributed by atoms with Gasteiger partial charge < -0.3 is 4.74 Å². The van der Waals surface area contributed by atoms with E-state index >= 15 is 0 Å². The Balaban J connectivity index is 1.85. The van der Waals surface area contributed by atoms with Crippen molar-refractivity contribution in [1.82, 2.24) is 9.62 Å². The molecule has 158 valence electrons. The van der Waals surface area contributed by atoms with Gasteiger partial charge in [0.2, 0.25) is 10.0 Å². The molecule has 0 aliphatic carbocycles. The lowest BCUT2D eigenvalue weighted by molar-refractivity contribution is -0.139. The number of hydrogen-bond acceptors (Lipinski definition) is 4. The number of likely N-dealkylation sites (tertiary alicyclic amines) is 1. The summed E-state index contributed by atoms with van der Waals surface area (Å²) in [5.41, 5.74) is -0.297. The molecule has 1 unspecified atom stereocenters. The zero-order valence-electron chi connectivity index (χ0n) is 15.9. The van der Waals surface area contributed by atoms with Crippen molar-refractivity contribution in [2.45, 2.75) is 30.0 Å². The third-order valence-electron chi connectivity index (χ3n) is 5.03. The maximum atomic E-state index is 13.2. The van der Waals surface area contributed by atoms with Crippen LogP contribution >= 0.6 is 0 Å². The highest BCUT2D eigenvalue weighted by molar-refractivity contribution is 7.89. The van der Waals surface area contributed by atoms with Crippen LogP contribution in [-0.2, 0) is 16.2 Å². The van der Waals surface area contributed by atoms with E-state index in [2.05, 4.69) is 9.62 Å². The van der Waals surface area contributed by atoms with E-state index in [-0.39, 0.29) is 12.6 Å². The molecule has 9 heteroatoms. The Morgan fingerprint density at radius 2 is 1.69 bits per heavy atom. The predicted molar refractivity (Wildman–Crippen MR) is 103 cm³/mol. The molecule has 1 fully saturated rings. The van der Waals surface area contributed by atoms with Crippen LogP contribution in [0.5, 0.6) is 5.75 Å². The maximum Gasteiger partial charge on any atom is 0.417 e. The molecule has 1 saturated heterocycles. The summed E-state index contributed by atoms with van der Waals surface area (Å²) in [7, 11) is -2.79. The standard InChI is InChI=1S/C20H23F3N2O3S/c1-28-16-10-8-15(9-11-16)18(25-12-4-5-13-25)14-24-29(26,27)19-7-3-2-6-17(19)20(21,22)23/h2-3,6-11,18,24H,4-5,12-14H2,1H3. The Hall–Kier alpha value is -2.10. The summed E-state index contributed by atoms with van der Waals surface area (Å²) in [4.78, 5) is 1.38. The summed E-state index contributed by atoms with van der Waals surface area (Å²) in [5.74, 6) is 0.675. The lowest BCUT2D eigenvalue weighted by Crippen LogP contribution is -2.37. The number of methoxy groups -OCH3 is 1. The molecule has 0 saturated carbocycles. The fourth-order valence-corrected chi connectivity index (χ4v) is 4.80. The van der Waals surface area contributed by atoms with Crippen LogP contribution in [0.4, 0.5) is 13.2 Å². The van der Waals surface area contributed by atoms with Crippen molar-refractivity contribution in [2.24, 2.45) is 0 Å². The van der Waals surface area contributed by atoms with E-state index in [0.29, 0.717) is 5.75 Å². The number of rotatable bonds is 7. The van der Waals surface area contributed by atoms with Crippen molar-refractivity contribution in [2.75, 3.05) is 26.7 Å². The Kier molecular flexibility index (Phi) is 6.50. The van der Waals surface area contributed by atoms with E-state index in [9.17, 15) is 21.6 Å². The normalized spacial score (nSPS) is 16.7. The van der Waals surface area contributed by atoms with Crippen LogP contribution < -0.4 is 9.46 Å². The molecule has 0 aromatic heterocycles. The van der Waals surface area contributed by atoms with Crippen molar-refractivity contribution in [3.63, 3.8) is 0 Å². The van der Waals surface area contributed by atoms with Crippen molar-refractivity contribution >= 4 is 10.0 Å². The molecule has 29 heavy (non-hydrogen) atoms. The minimum Gasteiger partial charge on any atom is -0.497 e. The van der Waals surface area contributed by atoms with Crippen molar-refractivity contribution < 1.29 is 26.3 Å². The first-order valence-electron chi connectivity index (χ1n) is 9.26. The van der Waals surface area contributed by atoms with Crippen LogP contribution in [0.25, 0.3) is 0 Å². The average Bonchev–Trinajstić information content (AvgIpc) is 3.22. The van der Waals surface area contributed by atoms with Crippen LogP contribution in [0, 0.1) is 0 Å². The van der Waals surface area contributed by atoms with Gasteiger partial charge in [0.15, 0.2) is 0 Å². The van der Waals surface area contributed by atoms with Crippen LogP contribution in [0.15, 0.2) is 53.4 Å². The predicted octanol–water partition coefficient (Wildman–Crippen LogP) is 3.83. The summed E-state index contributed by atoms with van der Waals surface area (Å²) in [5, 5.41) is 0. The van der Waals surface area contributed by atoms with E-state index < -0.39 is 26.7 Å². The second kappa shape index (κ2) is 8.73. The van der Waals surface area contributed by atoms with E-state index in [1.807, 2.05) is 12.1 Å². The molecule has 3 rings (SSSR count). The third kappa shape index (κ3) is 5.09. The minimum absolute atomic E-state index is 0.0269. The van der Waals surface area contributed by atoms with Crippen molar-refractivity contribution in [3.8, 4) is 5.75 Å². The number of sulfonamides is 1. The highest BCUT2D eigenvalue weighted by Gasteiger charge is 2.37. The van der Waals surface area contributed by atoms with Gasteiger partial charge in [-0.3, -0.25) is 4.90 Å². The van der Waals surface area contributed by atoms with E-state index in [0.717, 1.165) is 43.6 Å². The van der Waals surface area contributed by atoms with E-state index in [1.165, 1.54) is 12.1 Å². The molecule has 5 nitrogen and oxygen atoms in total. The summed E-state index contributed by atoms with van der Waals surface area (Å²) in [6, 6.07) is 11.2. The molecule has 2 aromatic carbocycles. The van der Waals surface area contributed by atoms with Crippen molar-refractivity contribution in [1.29, 1.82) is 0 Å². The van der Waals surface area contributed by atoms with Gasteiger partial charge in [0.25, 0.3) is 0 Å². The van der Waals surface area contributed by atoms with Crippen molar-refractivity contribution in [3.05, 3.63) is 59.7 Å². The van der Waals surface area contributed by atoms with Crippen LogP contribution in [0.1, 0.15) is 30.0 Å². The smallest absolute Gasteiger partial charge is 0.417 e. The van der Waals surface area contributed by atoms with E-state index in [4.69, 9.17) is 4.74 Å². The minimum atomic E-state index is -4.75. The molecule has 0 bridgehead atoms. The summed E-state index contributed by atoms with van der Waals surface area (Å²) in [6.07, 6.45) is -2.76. The largest absolute Gasteiger partial charge is 0.497 e. The average molecular weight is 428 g/mol. The number of hydrogen-bond donors (Lipinski definition) is 1. The first kappa shape index (κ1) is 21.6. The molecule has 0 amide bonds. The number of benzene rings is 2. The van der Waals surface area contributed by atoms with Gasteiger partial charge >= 0.3 is 6.18 Å². The van der Waals surface area contributed by atoms with Crippen LogP contribution in [0.2, 0.25) is 0 Å². The first-order chi connectivity index (χ1) is 13.7. The molecule has 1 N–H and O–H groups in total. The molecule has 0 radical (unpaired) electrons. The Labute approximate surface area is 168 Å². The first-order valence-corrected chi connectivity index (χ1v) is 10.7. The number of nitrogens with one attached hydrogen (secondary N) is 1. The Bertz CT molecular complexity index is 925. The second-order valence-electron chi connectivity index (χ2n) is 6.88. The molecular formula is C20H23F3N2O3S. The number of halogens is 3. The highest BCUT2D eigenvalue weighted by atomic mass is 32.2. The summed E-state index contributed by atoms with van der Waals surface area (Å²) in [6.45, 7) is 1.58. The molecule has 1 heterocycles. The van der Waals surface area contributed by atoms with Gasteiger partial charge in [0.1, 0.15) is 5.75 Å². The molecule has 0 spiro atoms. The van der Waals surface area contributed by atoms with Gasteiger partial charge in [-0.15, -0.1) is 0 Å². The quantitative estimate of drug-likeness (QED) is 0.728. The second-order valence-corrected chi connectivity index (χ2v) is 8.61. The summed E-state index contributed by atoms with van der Waals surface area (Å²) >= 11 is 0. The zero-order valence-corrected chi connectivity index (χ0v) is 16.8. The fraction of sp³-hybridized carbons (Fsp3) is 0.400. The lowest BCUT2D eigenvalue weighted by atomic mass is 10.1. The van der Waals surface area contributed by atoms with Gasteiger partial charge in [-0.2, -0.15) is 13.2 Å². The molecular weight excluding hydrogens is 405 g/mol. The topological polar surface area (TPSA) is 58.6 Å². The molecule has 1 atom stereocenters. The van der Waals surface area contributed by atoms with Gasteiger partial charge in [-0.05, 0) is 55.8 Å². The Morgan fingerprint density at radius 3 is 2.28 bits per heavy atom. The van der Waals surface area contributed by atoms with Gasteiger partial charge in [-0.1, -0.05) is 24.3 Å². The van der Waals surface area contributed by atoms with E-state index in [1.54, 1.807) is 19.2 Å². The number of alkyl halides is 3. The monoisotopic (exact) mass is 428 g/mol. The Morgan fingerprint density at radius 1 is 1.07 bits per heavy atom. The van der Waals surface area contributed by atoms with Gasteiger partial charge in [-0.25, -0.2) is 13.1 Å². The van der Waals surface area contributed by atoms with Gasteiger partial charge in [0.05, 0.1) is 17.6 Å². The SMILES string of the molecule is COc1ccc(C(CNS(=O)(=O)c2ccccc2C(F)(F)F)N2CCCC2)cc1. The van der Waals surface area contributed by atoms with Crippen LogP contribution in [0.3, 0.4) is 0 Å². The van der Waals surface area contributed by atoms with Gasteiger partial charge in [0, 0.05) is 12.6 Å². The van der Waals surface area contributed by atoms with Crippen LogP contribution in [-0.4, -0.2) is 40.1 Å². The zero-order chi connectivity index (χ0) is 21.1. The molecule has 2 aromatic rings. The molecule has 1 aliphatic heterocycles. The molecule has 1 aliphatic rings.